The Labute approximate surface area is 164 Å². The summed E-state index contributed by atoms with van der Waals surface area (Å²) in [7, 11) is 0. The van der Waals surface area contributed by atoms with Gasteiger partial charge in [0.05, 0.1) is 16.8 Å². The number of imidazole rings is 1. The SMILES string of the molecule is CCCCCSc1ccnc(SCc2nc3ccccc3[nH]2)c1C.Cl. The van der Waals surface area contributed by atoms with Crippen LogP contribution in [0.5, 0.6) is 0 Å². The van der Waals surface area contributed by atoms with Crippen molar-refractivity contribution in [1.29, 1.82) is 0 Å². The van der Waals surface area contributed by atoms with E-state index >= 15 is 0 Å². The third-order valence-corrected chi connectivity index (χ3v) is 6.25. The highest BCUT2D eigenvalue weighted by atomic mass is 35.5. The molecule has 0 radical (unpaired) electrons. The van der Waals surface area contributed by atoms with E-state index < -0.39 is 0 Å². The summed E-state index contributed by atoms with van der Waals surface area (Å²) in [4.78, 5) is 13.9. The van der Waals surface area contributed by atoms with Gasteiger partial charge in [0.2, 0.25) is 0 Å². The number of H-pyrrole nitrogens is 1. The number of benzene rings is 1. The van der Waals surface area contributed by atoms with Gasteiger partial charge in [0.15, 0.2) is 0 Å². The molecule has 3 nitrogen and oxygen atoms in total. The van der Waals surface area contributed by atoms with Crippen molar-refractivity contribution in [2.75, 3.05) is 5.75 Å². The highest BCUT2D eigenvalue weighted by molar-refractivity contribution is 7.99. The van der Waals surface area contributed by atoms with Crippen molar-refractivity contribution in [3.05, 3.63) is 47.9 Å². The van der Waals surface area contributed by atoms with Crippen molar-refractivity contribution in [1.82, 2.24) is 15.0 Å². The first-order valence-corrected chi connectivity index (χ1v) is 10.4. The molecule has 3 aromatic rings. The van der Waals surface area contributed by atoms with Gasteiger partial charge in [-0.25, -0.2) is 9.97 Å². The number of para-hydroxylation sites is 2. The first-order valence-electron chi connectivity index (χ1n) is 8.42. The minimum atomic E-state index is 0. The van der Waals surface area contributed by atoms with Crippen LogP contribution in [0.15, 0.2) is 46.5 Å². The molecule has 2 heterocycles. The van der Waals surface area contributed by atoms with Crippen LogP contribution in [-0.4, -0.2) is 20.7 Å². The average Bonchev–Trinajstić information content (AvgIpc) is 3.02. The minimum Gasteiger partial charge on any atom is -0.341 e. The van der Waals surface area contributed by atoms with Crippen LogP contribution in [-0.2, 0) is 5.75 Å². The number of unbranched alkanes of at least 4 members (excludes halogenated alkanes) is 2. The van der Waals surface area contributed by atoms with Crippen LogP contribution in [0.2, 0.25) is 0 Å². The predicted octanol–water partition coefficient (Wildman–Crippen LogP) is 6.26. The minimum absolute atomic E-state index is 0. The van der Waals surface area contributed by atoms with Crippen molar-refractivity contribution >= 4 is 47.0 Å². The highest BCUT2D eigenvalue weighted by Crippen LogP contribution is 2.31. The first kappa shape index (κ1) is 20.1. The maximum atomic E-state index is 4.64. The third-order valence-electron chi connectivity index (χ3n) is 3.90. The molecule has 134 valence electrons. The van der Waals surface area contributed by atoms with Crippen LogP contribution in [0.1, 0.15) is 37.6 Å². The Morgan fingerprint density at radius 1 is 1.08 bits per heavy atom. The smallest absolute Gasteiger partial charge is 0.117 e. The number of nitrogens with one attached hydrogen (secondary N) is 1. The Morgan fingerprint density at radius 3 is 2.72 bits per heavy atom. The second kappa shape index (κ2) is 10.1. The van der Waals surface area contributed by atoms with Crippen LogP contribution < -0.4 is 0 Å². The summed E-state index contributed by atoms with van der Waals surface area (Å²) in [6.07, 6.45) is 5.79. The Morgan fingerprint density at radius 2 is 1.92 bits per heavy atom. The summed E-state index contributed by atoms with van der Waals surface area (Å²) >= 11 is 3.70. The fraction of sp³-hybridized carbons (Fsp3) is 0.368. The lowest BCUT2D eigenvalue weighted by Gasteiger charge is -2.09. The Bertz CT molecular complexity index is 771. The van der Waals surface area contributed by atoms with E-state index in [0.29, 0.717) is 0 Å². The van der Waals surface area contributed by atoms with Crippen molar-refractivity contribution in [3.8, 4) is 0 Å². The summed E-state index contributed by atoms with van der Waals surface area (Å²) in [6.45, 7) is 4.42. The molecule has 1 aromatic carbocycles. The third kappa shape index (κ3) is 5.40. The molecule has 0 bridgehead atoms. The van der Waals surface area contributed by atoms with E-state index in [-0.39, 0.29) is 12.4 Å². The van der Waals surface area contributed by atoms with Crippen molar-refractivity contribution < 1.29 is 0 Å². The van der Waals surface area contributed by atoms with Gasteiger partial charge in [-0.1, -0.05) is 43.7 Å². The van der Waals surface area contributed by atoms with Crippen LogP contribution >= 0.6 is 35.9 Å². The Kier molecular flexibility index (Phi) is 8.13. The molecule has 6 heteroatoms. The van der Waals surface area contributed by atoms with Crippen molar-refractivity contribution in [3.63, 3.8) is 0 Å². The monoisotopic (exact) mass is 393 g/mol. The molecule has 0 atom stereocenters. The lowest BCUT2D eigenvalue weighted by molar-refractivity contribution is 0.778. The number of pyridine rings is 1. The van der Waals surface area contributed by atoms with Crippen molar-refractivity contribution in [2.45, 2.75) is 48.8 Å². The van der Waals surface area contributed by atoms with Crippen LogP contribution in [0, 0.1) is 6.92 Å². The molecule has 0 saturated heterocycles. The molecule has 3 rings (SSSR count). The zero-order valence-corrected chi connectivity index (χ0v) is 17.1. The van der Waals surface area contributed by atoms with Gasteiger partial charge in [0.1, 0.15) is 10.9 Å². The van der Waals surface area contributed by atoms with E-state index in [0.717, 1.165) is 27.6 Å². The van der Waals surface area contributed by atoms with E-state index in [1.54, 1.807) is 11.8 Å². The number of thioether (sulfide) groups is 2. The number of aromatic nitrogens is 3. The number of hydrogen-bond acceptors (Lipinski definition) is 4. The van der Waals surface area contributed by atoms with Crippen LogP contribution in [0.4, 0.5) is 0 Å². The largest absolute Gasteiger partial charge is 0.341 e. The predicted molar refractivity (Wildman–Crippen MR) is 112 cm³/mol. The molecular formula is C19H24ClN3S2. The lowest BCUT2D eigenvalue weighted by atomic mass is 10.3. The molecule has 0 spiro atoms. The molecule has 0 aliphatic carbocycles. The first-order chi connectivity index (χ1) is 11.8. The molecular weight excluding hydrogens is 370 g/mol. The molecule has 1 N–H and O–H groups in total. The number of fused-ring (bicyclic) bond motifs is 1. The highest BCUT2D eigenvalue weighted by Gasteiger charge is 2.09. The summed E-state index contributed by atoms with van der Waals surface area (Å²) in [5, 5.41) is 1.11. The molecule has 0 aliphatic heterocycles. The Hall–Kier alpha value is -1.17. The van der Waals surface area contributed by atoms with Crippen molar-refractivity contribution in [2.24, 2.45) is 0 Å². The molecule has 25 heavy (non-hydrogen) atoms. The summed E-state index contributed by atoms with van der Waals surface area (Å²) in [5.74, 6) is 3.00. The standard InChI is InChI=1S/C19H23N3S2.ClH/c1-3-4-7-12-23-17-10-11-20-19(14(17)2)24-13-18-21-15-8-5-6-9-16(15)22-18;/h5-6,8-11H,3-4,7,12-13H2,1-2H3,(H,21,22);1H. The molecule has 0 amide bonds. The van der Waals surface area contributed by atoms with Gasteiger partial charge in [0, 0.05) is 11.1 Å². The maximum Gasteiger partial charge on any atom is 0.117 e. The second-order valence-electron chi connectivity index (χ2n) is 5.78. The quantitative estimate of drug-likeness (QED) is 0.362. The second-order valence-corrected chi connectivity index (χ2v) is 7.88. The van der Waals surface area contributed by atoms with Gasteiger partial charge in [-0.05, 0) is 42.9 Å². The summed E-state index contributed by atoms with van der Waals surface area (Å²) in [6, 6.07) is 10.3. The van der Waals surface area contributed by atoms with E-state index in [9.17, 15) is 0 Å². The maximum absolute atomic E-state index is 4.64. The number of aromatic amines is 1. The summed E-state index contributed by atoms with van der Waals surface area (Å²) in [5.41, 5.74) is 3.41. The zero-order chi connectivity index (χ0) is 16.8. The van der Waals surface area contributed by atoms with Gasteiger partial charge >= 0.3 is 0 Å². The van der Waals surface area contributed by atoms with Gasteiger partial charge in [-0.15, -0.1) is 24.2 Å². The molecule has 0 unspecified atom stereocenters. The Balaban J connectivity index is 0.00000225. The lowest BCUT2D eigenvalue weighted by Crippen LogP contribution is -1.91. The van der Waals surface area contributed by atoms with Gasteiger partial charge < -0.3 is 4.98 Å². The number of rotatable bonds is 8. The average molecular weight is 394 g/mol. The number of halogens is 1. The van der Waals surface area contributed by atoms with E-state index in [4.69, 9.17) is 0 Å². The molecule has 0 saturated carbocycles. The molecule has 0 aliphatic rings. The normalized spacial score (nSPS) is 10.8. The van der Waals surface area contributed by atoms with E-state index in [1.165, 1.54) is 35.5 Å². The molecule has 0 fully saturated rings. The van der Waals surface area contributed by atoms with Crippen LogP contribution in [0.25, 0.3) is 11.0 Å². The van der Waals surface area contributed by atoms with Gasteiger partial charge in [-0.3, -0.25) is 0 Å². The topological polar surface area (TPSA) is 41.6 Å². The fourth-order valence-electron chi connectivity index (χ4n) is 2.55. The number of hydrogen-bond donors (Lipinski definition) is 1. The van der Waals surface area contributed by atoms with E-state index in [1.807, 2.05) is 36.2 Å². The van der Waals surface area contributed by atoms with Crippen LogP contribution in [0.3, 0.4) is 0 Å². The van der Waals surface area contributed by atoms with E-state index in [2.05, 4.69) is 40.9 Å². The summed E-state index contributed by atoms with van der Waals surface area (Å²) < 4.78 is 0. The van der Waals surface area contributed by atoms with Gasteiger partial charge in [0.25, 0.3) is 0 Å². The zero-order valence-electron chi connectivity index (χ0n) is 14.6. The molecule has 2 aromatic heterocycles. The number of nitrogens with zero attached hydrogens (tertiary/aromatic N) is 2. The van der Waals surface area contributed by atoms with Gasteiger partial charge in [-0.2, -0.15) is 0 Å². The fourth-order valence-corrected chi connectivity index (χ4v) is 4.52.